The zero-order valence-corrected chi connectivity index (χ0v) is 19.4. The van der Waals surface area contributed by atoms with E-state index in [1.807, 2.05) is 23.1 Å². The Bertz CT molecular complexity index is 850. The molecule has 1 aliphatic rings. The van der Waals surface area contributed by atoms with Gasteiger partial charge >= 0.3 is 6.18 Å². The van der Waals surface area contributed by atoms with E-state index in [4.69, 9.17) is 11.6 Å². The molecule has 11 heteroatoms. The number of hydrogen-bond acceptors (Lipinski definition) is 4. The monoisotopic (exact) mass is 554 g/mol. The van der Waals surface area contributed by atoms with Crippen LogP contribution in [0.3, 0.4) is 0 Å². The molecule has 0 radical (unpaired) electrons. The molecule has 3 rings (SSSR count). The number of pyridine rings is 2. The molecule has 2 aromatic heterocycles. The van der Waals surface area contributed by atoms with Gasteiger partial charge in [-0.1, -0.05) is 17.7 Å². The van der Waals surface area contributed by atoms with Crippen LogP contribution in [0.15, 0.2) is 41.7 Å². The third-order valence-electron chi connectivity index (χ3n) is 4.60. The summed E-state index contributed by atoms with van der Waals surface area (Å²) in [6.45, 7) is 1.89. The van der Waals surface area contributed by atoms with Gasteiger partial charge in [0.2, 0.25) is 0 Å². The number of hydrogen-bond donors (Lipinski definition) is 2. The van der Waals surface area contributed by atoms with Crippen LogP contribution in [-0.2, 0) is 12.6 Å². The third-order valence-corrected chi connectivity index (χ3v) is 4.88. The Hall–Kier alpha value is -1.82. The fourth-order valence-electron chi connectivity index (χ4n) is 3.13. The molecule has 1 atom stereocenters. The van der Waals surface area contributed by atoms with Crippen molar-refractivity contribution in [2.45, 2.75) is 25.1 Å². The number of rotatable bonds is 5. The molecule has 0 aliphatic carbocycles. The van der Waals surface area contributed by atoms with Gasteiger partial charge in [0, 0.05) is 57.2 Å². The molecule has 0 saturated carbocycles. The van der Waals surface area contributed by atoms with E-state index in [0.29, 0.717) is 31.4 Å². The van der Waals surface area contributed by atoms with Crippen LogP contribution in [0.5, 0.6) is 0 Å². The van der Waals surface area contributed by atoms with Crippen LogP contribution in [0.1, 0.15) is 17.7 Å². The molecule has 0 amide bonds. The van der Waals surface area contributed by atoms with E-state index in [9.17, 15) is 13.2 Å². The van der Waals surface area contributed by atoms with Gasteiger partial charge in [0.05, 0.1) is 10.6 Å². The summed E-state index contributed by atoms with van der Waals surface area (Å²) in [6.07, 6.45) is -0.322. The van der Waals surface area contributed by atoms with Crippen LogP contribution in [0, 0.1) is 0 Å². The number of halogens is 5. The fraction of sp³-hybridized carbons (Fsp3) is 0.421. The van der Waals surface area contributed by atoms with Crippen LogP contribution in [0.4, 0.5) is 19.0 Å². The number of nitrogens with zero attached hydrogens (tertiary/aromatic N) is 4. The van der Waals surface area contributed by atoms with Crippen molar-refractivity contribution in [3.8, 4) is 0 Å². The van der Waals surface area contributed by atoms with E-state index in [-0.39, 0.29) is 35.0 Å². The molecule has 6 nitrogen and oxygen atoms in total. The number of aliphatic imine (C=N–C) groups is 1. The maximum atomic E-state index is 12.8. The minimum Gasteiger partial charge on any atom is -0.356 e. The lowest BCUT2D eigenvalue weighted by Gasteiger charge is -2.21. The number of alkyl halides is 3. The van der Waals surface area contributed by atoms with Crippen molar-refractivity contribution < 1.29 is 13.2 Å². The van der Waals surface area contributed by atoms with Gasteiger partial charge in [-0.05, 0) is 24.6 Å². The summed E-state index contributed by atoms with van der Waals surface area (Å²) < 4.78 is 38.4. The highest BCUT2D eigenvalue weighted by molar-refractivity contribution is 14.0. The summed E-state index contributed by atoms with van der Waals surface area (Å²) in [5.74, 6) is 1.03. The van der Waals surface area contributed by atoms with E-state index in [0.717, 1.165) is 30.8 Å². The molecule has 1 aliphatic heterocycles. The van der Waals surface area contributed by atoms with E-state index < -0.39 is 11.7 Å². The Balaban J connectivity index is 0.00000320. The standard InChI is InChI=1S/C19H22ClF3N6.HI/c1-24-18(26-8-5-14-4-2-3-7-25-14)28-15-6-9-29(12-15)17-16(20)10-13(11-27-17)19(21,22)23;/h2-4,7,10-11,15H,5-6,8-9,12H2,1H3,(H2,24,26,28);1H. The first kappa shape index (κ1) is 24.4. The Morgan fingerprint density at radius 1 is 1.33 bits per heavy atom. The van der Waals surface area contributed by atoms with Crippen LogP contribution < -0.4 is 15.5 Å². The van der Waals surface area contributed by atoms with Gasteiger partial charge in [0.1, 0.15) is 5.82 Å². The normalized spacial score (nSPS) is 16.9. The van der Waals surface area contributed by atoms with Crippen molar-refractivity contribution in [3.05, 3.63) is 52.9 Å². The van der Waals surface area contributed by atoms with Crippen molar-refractivity contribution in [1.29, 1.82) is 0 Å². The van der Waals surface area contributed by atoms with E-state index in [1.165, 1.54) is 0 Å². The van der Waals surface area contributed by atoms with E-state index in [2.05, 4.69) is 25.6 Å². The van der Waals surface area contributed by atoms with Crippen molar-refractivity contribution in [3.63, 3.8) is 0 Å². The third kappa shape index (κ3) is 6.59. The quantitative estimate of drug-likeness (QED) is 0.335. The topological polar surface area (TPSA) is 65.4 Å². The second-order valence-electron chi connectivity index (χ2n) is 6.67. The second-order valence-corrected chi connectivity index (χ2v) is 7.08. The predicted octanol–water partition coefficient (Wildman–Crippen LogP) is 3.75. The van der Waals surface area contributed by atoms with Crippen molar-refractivity contribution in [2.75, 3.05) is 31.6 Å². The molecule has 1 unspecified atom stereocenters. The molecule has 2 aromatic rings. The summed E-state index contributed by atoms with van der Waals surface area (Å²) in [5, 5.41) is 6.58. The summed E-state index contributed by atoms with van der Waals surface area (Å²) in [7, 11) is 1.69. The number of aromatic nitrogens is 2. The highest BCUT2D eigenvalue weighted by atomic mass is 127. The van der Waals surface area contributed by atoms with Gasteiger partial charge in [-0.3, -0.25) is 9.98 Å². The molecule has 164 valence electrons. The van der Waals surface area contributed by atoms with Crippen molar-refractivity contribution in [1.82, 2.24) is 20.6 Å². The lowest BCUT2D eigenvalue weighted by Crippen LogP contribution is -2.45. The molecule has 3 heterocycles. The molecule has 2 N–H and O–H groups in total. The smallest absolute Gasteiger partial charge is 0.356 e. The first-order valence-electron chi connectivity index (χ1n) is 9.21. The fourth-order valence-corrected chi connectivity index (χ4v) is 3.42. The summed E-state index contributed by atoms with van der Waals surface area (Å²) in [5.41, 5.74) is 0.142. The van der Waals surface area contributed by atoms with Crippen LogP contribution in [0.2, 0.25) is 5.02 Å². The van der Waals surface area contributed by atoms with Crippen LogP contribution in [0.25, 0.3) is 0 Å². The molecule has 1 saturated heterocycles. The molecule has 0 spiro atoms. The predicted molar refractivity (Wildman–Crippen MR) is 123 cm³/mol. The molecular weight excluding hydrogens is 532 g/mol. The van der Waals surface area contributed by atoms with Crippen molar-refractivity contribution in [2.24, 2.45) is 4.99 Å². The summed E-state index contributed by atoms with van der Waals surface area (Å²) in [4.78, 5) is 14.3. The Labute approximate surface area is 195 Å². The van der Waals surface area contributed by atoms with E-state index in [1.54, 1.807) is 13.2 Å². The van der Waals surface area contributed by atoms with Gasteiger partial charge in [0.25, 0.3) is 0 Å². The molecule has 0 aromatic carbocycles. The molecule has 30 heavy (non-hydrogen) atoms. The Kier molecular flexibility index (Phi) is 8.95. The average Bonchev–Trinajstić information content (AvgIpc) is 3.15. The zero-order valence-electron chi connectivity index (χ0n) is 16.3. The largest absolute Gasteiger partial charge is 0.417 e. The van der Waals surface area contributed by atoms with Crippen LogP contribution in [-0.4, -0.2) is 48.7 Å². The average molecular weight is 555 g/mol. The zero-order chi connectivity index (χ0) is 20.9. The number of anilines is 1. The summed E-state index contributed by atoms with van der Waals surface area (Å²) in [6, 6.07) is 6.79. The van der Waals surface area contributed by atoms with E-state index >= 15 is 0 Å². The lowest BCUT2D eigenvalue weighted by atomic mass is 10.2. The first-order valence-corrected chi connectivity index (χ1v) is 9.59. The van der Waals surface area contributed by atoms with Gasteiger partial charge in [-0.2, -0.15) is 13.2 Å². The SMILES string of the molecule is CN=C(NCCc1ccccn1)NC1CCN(c2ncc(C(F)(F)F)cc2Cl)C1.I. The Morgan fingerprint density at radius 2 is 2.13 bits per heavy atom. The maximum Gasteiger partial charge on any atom is 0.417 e. The van der Waals surface area contributed by atoms with Gasteiger partial charge in [-0.15, -0.1) is 24.0 Å². The molecular formula is C19H23ClF3IN6. The molecule has 1 fully saturated rings. The minimum atomic E-state index is -4.46. The second kappa shape index (κ2) is 11.0. The Morgan fingerprint density at radius 3 is 2.77 bits per heavy atom. The molecule has 0 bridgehead atoms. The highest BCUT2D eigenvalue weighted by Crippen LogP contribution is 2.34. The maximum absolute atomic E-state index is 12.8. The number of guanidine groups is 1. The first-order chi connectivity index (χ1) is 13.9. The highest BCUT2D eigenvalue weighted by Gasteiger charge is 2.33. The lowest BCUT2D eigenvalue weighted by molar-refractivity contribution is -0.137. The van der Waals surface area contributed by atoms with Gasteiger partial charge < -0.3 is 15.5 Å². The number of nitrogens with one attached hydrogen (secondary N) is 2. The summed E-state index contributed by atoms with van der Waals surface area (Å²) >= 11 is 6.06. The van der Waals surface area contributed by atoms with Gasteiger partial charge in [-0.25, -0.2) is 4.98 Å². The minimum absolute atomic E-state index is 0. The van der Waals surface area contributed by atoms with Crippen LogP contribution >= 0.6 is 35.6 Å². The van der Waals surface area contributed by atoms with Gasteiger partial charge in [0.15, 0.2) is 5.96 Å². The van der Waals surface area contributed by atoms with Crippen molar-refractivity contribution >= 4 is 47.4 Å².